The van der Waals surface area contributed by atoms with E-state index in [4.69, 9.17) is 5.41 Å². The number of benzene rings is 1. The highest BCUT2D eigenvalue weighted by Crippen LogP contribution is 2.20. The molecule has 0 saturated heterocycles. The number of hydrogen-bond donors (Lipinski definition) is 1. The zero-order valence-electron chi connectivity index (χ0n) is 10.2. The van der Waals surface area contributed by atoms with Crippen LogP contribution in [0.15, 0.2) is 24.3 Å². The molecule has 0 aliphatic rings. The average Bonchev–Trinajstić information content (AvgIpc) is 2.55. The van der Waals surface area contributed by atoms with Crippen molar-refractivity contribution in [1.29, 1.82) is 5.41 Å². The van der Waals surface area contributed by atoms with Gasteiger partial charge in [-0.15, -0.1) is 0 Å². The van der Waals surface area contributed by atoms with E-state index in [1.165, 1.54) is 16.6 Å². The number of rotatable bonds is 3. The lowest BCUT2D eigenvalue weighted by molar-refractivity contribution is 0.918. The van der Waals surface area contributed by atoms with Crippen LogP contribution in [0.4, 0.5) is 0 Å². The lowest BCUT2D eigenvalue weighted by atomic mass is 10.0. The van der Waals surface area contributed by atoms with Crippen LogP contribution in [0.5, 0.6) is 0 Å². The summed E-state index contributed by atoms with van der Waals surface area (Å²) in [6.07, 6.45) is 1.89. The van der Waals surface area contributed by atoms with Crippen LogP contribution >= 0.6 is 0 Å². The Morgan fingerprint density at radius 2 is 2.06 bits per heavy atom. The van der Waals surface area contributed by atoms with Crippen LogP contribution in [0.1, 0.15) is 31.0 Å². The summed E-state index contributed by atoms with van der Waals surface area (Å²) in [6, 6.07) is 8.47. The third-order valence-corrected chi connectivity index (χ3v) is 3.13. The number of aromatic nitrogens is 1. The van der Waals surface area contributed by atoms with E-state index in [2.05, 4.69) is 49.7 Å². The van der Waals surface area contributed by atoms with Crippen molar-refractivity contribution in [3.8, 4) is 0 Å². The highest BCUT2D eigenvalue weighted by molar-refractivity contribution is 6.01. The van der Waals surface area contributed by atoms with E-state index in [0.29, 0.717) is 0 Å². The molecule has 2 rings (SSSR count). The summed E-state index contributed by atoms with van der Waals surface area (Å²) in [6.45, 7) is 4.22. The molecule has 1 N–H and O–H groups in total. The second-order valence-corrected chi connectivity index (χ2v) is 4.35. The molecule has 2 heteroatoms. The highest BCUT2D eigenvalue weighted by Gasteiger charge is 2.05. The first-order chi connectivity index (χ1) is 7.63. The molecule has 0 fully saturated rings. The lowest BCUT2D eigenvalue weighted by Crippen LogP contribution is -1.97. The van der Waals surface area contributed by atoms with Crippen LogP contribution in [-0.2, 0) is 7.05 Å². The van der Waals surface area contributed by atoms with Gasteiger partial charge >= 0.3 is 0 Å². The van der Waals surface area contributed by atoms with Crippen LogP contribution < -0.4 is 0 Å². The van der Waals surface area contributed by atoms with Crippen molar-refractivity contribution in [1.82, 2.24) is 4.57 Å². The van der Waals surface area contributed by atoms with Crippen LogP contribution in [0.2, 0.25) is 0 Å². The molecule has 0 unspecified atom stereocenters. The fourth-order valence-electron chi connectivity index (χ4n) is 2.07. The Balaban J connectivity index is 2.48. The standard InChI is InChI=1S/C14H18N2/c1-4-5-13(15)11-6-7-14-12(9-11)8-10(2)16(14)3/h6-9,15H,4-5H2,1-3H3. The minimum absolute atomic E-state index is 0.742. The van der Waals surface area contributed by atoms with Crippen molar-refractivity contribution in [2.24, 2.45) is 7.05 Å². The molecule has 0 atom stereocenters. The molecule has 0 bridgehead atoms. The van der Waals surface area contributed by atoms with Gasteiger partial charge in [-0.3, -0.25) is 0 Å². The van der Waals surface area contributed by atoms with Gasteiger partial charge in [0.1, 0.15) is 0 Å². The van der Waals surface area contributed by atoms with Crippen molar-refractivity contribution in [3.05, 3.63) is 35.5 Å². The molecule has 84 valence electrons. The minimum atomic E-state index is 0.742. The Kier molecular flexibility index (Phi) is 2.82. The highest BCUT2D eigenvalue weighted by atomic mass is 14.9. The summed E-state index contributed by atoms with van der Waals surface area (Å²) < 4.78 is 2.18. The van der Waals surface area contributed by atoms with Gasteiger partial charge in [-0.2, -0.15) is 0 Å². The van der Waals surface area contributed by atoms with Crippen LogP contribution in [0, 0.1) is 12.3 Å². The van der Waals surface area contributed by atoms with E-state index < -0.39 is 0 Å². The van der Waals surface area contributed by atoms with Gasteiger partial charge in [0.15, 0.2) is 0 Å². The lowest BCUT2D eigenvalue weighted by Gasteiger charge is -2.03. The van der Waals surface area contributed by atoms with Gasteiger partial charge in [0.05, 0.1) is 0 Å². The van der Waals surface area contributed by atoms with E-state index in [9.17, 15) is 0 Å². The summed E-state index contributed by atoms with van der Waals surface area (Å²) >= 11 is 0. The average molecular weight is 214 g/mol. The topological polar surface area (TPSA) is 28.8 Å². The quantitative estimate of drug-likeness (QED) is 0.756. The van der Waals surface area contributed by atoms with Crippen molar-refractivity contribution >= 4 is 16.6 Å². The van der Waals surface area contributed by atoms with Crippen LogP contribution in [0.3, 0.4) is 0 Å². The second kappa shape index (κ2) is 4.12. The predicted molar refractivity (Wildman–Crippen MR) is 69.4 cm³/mol. The first kappa shape index (κ1) is 10.9. The van der Waals surface area contributed by atoms with Crippen molar-refractivity contribution < 1.29 is 0 Å². The minimum Gasteiger partial charge on any atom is -0.348 e. The van der Waals surface area contributed by atoms with Gasteiger partial charge in [-0.1, -0.05) is 19.4 Å². The first-order valence-electron chi connectivity index (χ1n) is 5.77. The Labute approximate surface area is 96.4 Å². The summed E-state index contributed by atoms with van der Waals surface area (Å²) in [5, 5.41) is 9.19. The van der Waals surface area contributed by atoms with Gasteiger partial charge in [-0.25, -0.2) is 0 Å². The summed E-state index contributed by atoms with van der Waals surface area (Å²) in [4.78, 5) is 0. The predicted octanol–water partition coefficient (Wildman–Crippen LogP) is 3.65. The maximum Gasteiger partial charge on any atom is 0.0480 e. The molecule has 0 saturated carbocycles. The fourth-order valence-corrected chi connectivity index (χ4v) is 2.07. The molecule has 1 heterocycles. The Bertz CT molecular complexity index is 535. The maximum absolute atomic E-state index is 7.96. The molecule has 1 aromatic heterocycles. The van der Waals surface area contributed by atoms with Crippen molar-refractivity contribution in [3.63, 3.8) is 0 Å². The van der Waals surface area contributed by atoms with E-state index in [1.54, 1.807) is 0 Å². The molecule has 0 aliphatic heterocycles. The Hall–Kier alpha value is -1.57. The van der Waals surface area contributed by atoms with E-state index in [1.807, 2.05) is 0 Å². The second-order valence-electron chi connectivity index (χ2n) is 4.35. The smallest absolute Gasteiger partial charge is 0.0480 e. The molecule has 2 aromatic rings. The molecule has 0 amide bonds. The van der Waals surface area contributed by atoms with Crippen LogP contribution in [-0.4, -0.2) is 10.3 Å². The van der Waals surface area contributed by atoms with E-state index in [-0.39, 0.29) is 0 Å². The number of nitrogens with one attached hydrogen (secondary N) is 1. The molecule has 0 spiro atoms. The largest absolute Gasteiger partial charge is 0.348 e. The zero-order chi connectivity index (χ0) is 11.7. The molecular weight excluding hydrogens is 196 g/mol. The molecule has 2 nitrogen and oxygen atoms in total. The zero-order valence-corrected chi connectivity index (χ0v) is 10.2. The number of nitrogens with zero attached hydrogens (tertiary/aromatic N) is 1. The van der Waals surface area contributed by atoms with Gasteiger partial charge in [0.2, 0.25) is 0 Å². The van der Waals surface area contributed by atoms with Crippen LogP contribution in [0.25, 0.3) is 10.9 Å². The molecule has 0 radical (unpaired) electrons. The molecular formula is C14H18N2. The summed E-state index contributed by atoms with van der Waals surface area (Å²) in [5.74, 6) is 0. The van der Waals surface area contributed by atoms with Crippen molar-refractivity contribution in [2.75, 3.05) is 0 Å². The van der Waals surface area contributed by atoms with E-state index >= 15 is 0 Å². The fraction of sp³-hybridized carbons (Fsp3) is 0.357. The summed E-state index contributed by atoms with van der Waals surface area (Å²) in [5.41, 5.74) is 4.30. The third kappa shape index (κ3) is 1.75. The van der Waals surface area contributed by atoms with E-state index in [0.717, 1.165) is 24.1 Å². The molecule has 16 heavy (non-hydrogen) atoms. The SMILES string of the molecule is CCCC(=N)c1ccc2c(c1)cc(C)n2C. The monoisotopic (exact) mass is 214 g/mol. The number of aryl methyl sites for hydroxylation is 2. The number of hydrogen-bond acceptors (Lipinski definition) is 1. The number of fused-ring (bicyclic) bond motifs is 1. The molecule has 1 aromatic carbocycles. The van der Waals surface area contributed by atoms with Gasteiger partial charge in [0.25, 0.3) is 0 Å². The molecule has 0 aliphatic carbocycles. The summed E-state index contributed by atoms with van der Waals surface area (Å²) in [7, 11) is 2.08. The Morgan fingerprint density at radius 1 is 1.31 bits per heavy atom. The van der Waals surface area contributed by atoms with Gasteiger partial charge in [0, 0.05) is 29.4 Å². The maximum atomic E-state index is 7.96. The normalized spacial score (nSPS) is 10.9. The Morgan fingerprint density at radius 3 is 2.75 bits per heavy atom. The first-order valence-corrected chi connectivity index (χ1v) is 5.77. The van der Waals surface area contributed by atoms with Crippen molar-refractivity contribution in [2.45, 2.75) is 26.7 Å². The van der Waals surface area contributed by atoms with Gasteiger partial charge in [-0.05, 0) is 37.1 Å². The van der Waals surface area contributed by atoms with Gasteiger partial charge < -0.3 is 9.98 Å². The third-order valence-electron chi connectivity index (χ3n) is 3.13.